The zero-order chi connectivity index (χ0) is 9.05. The maximum Gasteiger partial charge on any atom is 0.306 e. The maximum atomic E-state index is 11.2. The van der Waals surface area contributed by atoms with Crippen LogP contribution in [-0.2, 0) is 9.53 Å². The van der Waals surface area contributed by atoms with E-state index in [1.807, 2.05) is 0 Å². The van der Waals surface area contributed by atoms with Crippen molar-refractivity contribution in [2.75, 3.05) is 0 Å². The molecule has 3 fully saturated rings. The van der Waals surface area contributed by atoms with Gasteiger partial charge in [-0.25, -0.2) is 0 Å². The van der Waals surface area contributed by atoms with Crippen LogP contribution in [-0.4, -0.2) is 11.6 Å². The summed E-state index contributed by atoms with van der Waals surface area (Å²) >= 11 is 0. The summed E-state index contributed by atoms with van der Waals surface area (Å²) in [7, 11) is 0. The van der Waals surface area contributed by atoms with Crippen LogP contribution >= 0.6 is 0 Å². The van der Waals surface area contributed by atoms with E-state index in [0.29, 0.717) is 18.3 Å². The van der Waals surface area contributed by atoms with E-state index in [1.54, 1.807) is 0 Å². The third-order valence-electron chi connectivity index (χ3n) is 4.02. The van der Waals surface area contributed by atoms with Gasteiger partial charge in [0.25, 0.3) is 0 Å². The average Bonchev–Trinajstić information content (AvgIpc) is 2.56. The van der Waals surface area contributed by atoms with Crippen LogP contribution in [0.4, 0.5) is 0 Å². The molecule has 0 aromatic carbocycles. The normalized spacial score (nSPS) is 47.7. The van der Waals surface area contributed by atoms with E-state index in [1.165, 1.54) is 18.4 Å². The molecule has 1 saturated heterocycles. The van der Waals surface area contributed by atoms with Crippen molar-refractivity contribution in [2.45, 2.75) is 37.7 Å². The minimum Gasteiger partial charge on any atom is -0.458 e. The lowest BCUT2D eigenvalue weighted by Crippen LogP contribution is -2.33. The number of carbonyl (C=O) groups is 1. The molecule has 2 aliphatic carbocycles. The lowest BCUT2D eigenvalue weighted by Gasteiger charge is -2.26. The third-order valence-corrected chi connectivity index (χ3v) is 4.02. The number of ether oxygens (including phenoxy) is 1. The Hall–Kier alpha value is -0.790. The van der Waals surface area contributed by atoms with Crippen LogP contribution in [0, 0.1) is 11.8 Å². The zero-order valence-corrected chi connectivity index (χ0v) is 7.71. The van der Waals surface area contributed by atoms with Crippen LogP contribution < -0.4 is 0 Å². The fourth-order valence-corrected chi connectivity index (χ4v) is 3.53. The van der Waals surface area contributed by atoms with E-state index >= 15 is 0 Å². The first-order chi connectivity index (χ1) is 6.21. The van der Waals surface area contributed by atoms with Crippen molar-refractivity contribution in [3.05, 3.63) is 12.2 Å². The van der Waals surface area contributed by atoms with Gasteiger partial charge in [-0.1, -0.05) is 12.2 Å². The molecule has 0 bridgehead atoms. The second-order valence-corrected chi connectivity index (χ2v) is 4.74. The Labute approximate surface area is 78.0 Å². The summed E-state index contributed by atoms with van der Waals surface area (Å²) in [6.45, 7) is 4.03. The van der Waals surface area contributed by atoms with E-state index in [4.69, 9.17) is 4.74 Å². The van der Waals surface area contributed by atoms with Crippen molar-refractivity contribution in [3.8, 4) is 0 Å². The molecule has 0 amide bonds. The predicted molar refractivity (Wildman–Crippen MR) is 48.0 cm³/mol. The highest BCUT2D eigenvalue weighted by atomic mass is 16.6. The SMILES string of the molecule is C=C1C[C@@H]2CC[C@H]3CC(=O)O[C@@]23C1. The van der Waals surface area contributed by atoms with Gasteiger partial charge in [0.2, 0.25) is 0 Å². The van der Waals surface area contributed by atoms with Gasteiger partial charge in [0, 0.05) is 18.3 Å². The van der Waals surface area contributed by atoms with Crippen LogP contribution in [0.5, 0.6) is 0 Å². The van der Waals surface area contributed by atoms with Gasteiger partial charge >= 0.3 is 5.97 Å². The molecule has 3 atom stereocenters. The first-order valence-corrected chi connectivity index (χ1v) is 5.09. The summed E-state index contributed by atoms with van der Waals surface area (Å²) in [4.78, 5) is 11.2. The topological polar surface area (TPSA) is 26.3 Å². The molecule has 0 N–H and O–H groups in total. The van der Waals surface area contributed by atoms with Gasteiger partial charge in [-0.05, 0) is 19.3 Å². The van der Waals surface area contributed by atoms with Gasteiger partial charge < -0.3 is 4.74 Å². The molecule has 3 aliphatic rings. The molecular weight excluding hydrogens is 164 g/mol. The maximum absolute atomic E-state index is 11.2. The molecule has 70 valence electrons. The molecule has 0 aromatic rings. The molecule has 0 aromatic heterocycles. The number of carbonyl (C=O) groups excluding carboxylic acids is 1. The highest BCUT2D eigenvalue weighted by Gasteiger charge is 2.60. The van der Waals surface area contributed by atoms with E-state index in [0.717, 1.165) is 12.8 Å². The van der Waals surface area contributed by atoms with E-state index in [2.05, 4.69) is 6.58 Å². The Bertz CT molecular complexity index is 262. The van der Waals surface area contributed by atoms with Crippen molar-refractivity contribution in [3.63, 3.8) is 0 Å². The molecule has 2 heteroatoms. The van der Waals surface area contributed by atoms with E-state index in [-0.39, 0.29) is 11.6 Å². The minimum atomic E-state index is -0.0891. The number of rotatable bonds is 0. The molecule has 0 unspecified atom stereocenters. The minimum absolute atomic E-state index is 0.0180. The molecule has 1 heterocycles. The van der Waals surface area contributed by atoms with Gasteiger partial charge in [-0.3, -0.25) is 4.79 Å². The van der Waals surface area contributed by atoms with Crippen molar-refractivity contribution in [1.82, 2.24) is 0 Å². The highest BCUT2D eigenvalue weighted by molar-refractivity contribution is 5.73. The first-order valence-electron chi connectivity index (χ1n) is 5.09. The second-order valence-electron chi connectivity index (χ2n) is 4.74. The molecule has 1 aliphatic heterocycles. The standard InChI is InChI=1S/C11H14O2/c1-7-4-8-2-3-9-5-10(12)13-11(8,9)6-7/h8-9H,1-6H2/t8-,9-,11-/m0/s1. The van der Waals surface area contributed by atoms with Gasteiger partial charge in [-0.15, -0.1) is 0 Å². The van der Waals surface area contributed by atoms with Crippen LogP contribution in [0.15, 0.2) is 12.2 Å². The summed E-state index contributed by atoms with van der Waals surface area (Å²) in [6.07, 6.45) is 5.10. The van der Waals surface area contributed by atoms with Gasteiger partial charge in [0.05, 0.1) is 6.42 Å². The van der Waals surface area contributed by atoms with Crippen molar-refractivity contribution in [2.24, 2.45) is 11.8 Å². The zero-order valence-electron chi connectivity index (χ0n) is 7.71. The number of esters is 1. The fourth-order valence-electron chi connectivity index (χ4n) is 3.53. The molecule has 13 heavy (non-hydrogen) atoms. The lowest BCUT2D eigenvalue weighted by atomic mass is 9.87. The highest BCUT2D eigenvalue weighted by Crippen LogP contribution is 2.58. The van der Waals surface area contributed by atoms with Crippen molar-refractivity contribution >= 4 is 5.97 Å². The van der Waals surface area contributed by atoms with E-state index in [9.17, 15) is 4.79 Å². The Morgan fingerprint density at radius 2 is 2.00 bits per heavy atom. The van der Waals surface area contributed by atoms with Crippen molar-refractivity contribution < 1.29 is 9.53 Å². The molecule has 0 radical (unpaired) electrons. The smallest absolute Gasteiger partial charge is 0.306 e. The van der Waals surface area contributed by atoms with Crippen LogP contribution in [0.3, 0.4) is 0 Å². The molecule has 2 saturated carbocycles. The second kappa shape index (κ2) is 2.17. The fraction of sp³-hybridized carbons (Fsp3) is 0.727. The van der Waals surface area contributed by atoms with Crippen LogP contribution in [0.2, 0.25) is 0 Å². The lowest BCUT2D eigenvalue weighted by molar-refractivity contribution is -0.150. The summed E-state index contributed by atoms with van der Waals surface area (Å²) in [6, 6.07) is 0. The van der Waals surface area contributed by atoms with E-state index < -0.39 is 0 Å². The summed E-state index contributed by atoms with van der Waals surface area (Å²) in [5.41, 5.74) is 1.19. The third kappa shape index (κ3) is 0.812. The quantitative estimate of drug-likeness (QED) is 0.419. The Morgan fingerprint density at radius 1 is 1.31 bits per heavy atom. The molecular formula is C11H14O2. The Kier molecular flexibility index (Phi) is 1.27. The van der Waals surface area contributed by atoms with Gasteiger partial charge in [-0.2, -0.15) is 0 Å². The average molecular weight is 178 g/mol. The van der Waals surface area contributed by atoms with Crippen LogP contribution in [0.25, 0.3) is 0 Å². The number of hydrogen-bond acceptors (Lipinski definition) is 2. The summed E-state index contributed by atoms with van der Waals surface area (Å²) in [5.74, 6) is 1.12. The largest absolute Gasteiger partial charge is 0.458 e. The molecule has 1 spiro atoms. The Morgan fingerprint density at radius 3 is 2.77 bits per heavy atom. The monoisotopic (exact) mass is 178 g/mol. The summed E-state index contributed by atoms with van der Waals surface area (Å²) < 4.78 is 5.57. The van der Waals surface area contributed by atoms with Crippen molar-refractivity contribution in [1.29, 1.82) is 0 Å². The molecule has 3 rings (SSSR count). The number of hydrogen-bond donors (Lipinski definition) is 0. The van der Waals surface area contributed by atoms with Gasteiger partial charge in [0.1, 0.15) is 5.60 Å². The van der Waals surface area contributed by atoms with Gasteiger partial charge in [0.15, 0.2) is 0 Å². The molecule has 2 nitrogen and oxygen atoms in total. The van der Waals surface area contributed by atoms with Crippen LogP contribution in [0.1, 0.15) is 32.1 Å². The predicted octanol–water partition coefficient (Wildman–Crippen LogP) is 2.05. The summed E-state index contributed by atoms with van der Waals surface area (Å²) in [5, 5.41) is 0. The Balaban J connectivity index is 2.00. The first kappa shape index (κ1) is 7.60.